The summed E-state index contributed by atoms with van der Waals surface area (Å²) >= 11 is 0. The van der Waals surface area contributed by atoms with E-state index < -0.39 is 35.5 Å². The van der Waals surface area contributed by atoms with E-state index >= 15 is 0 Å². The maximum Gasteiger partial charge on any atom is 0.421 e. The zero-order chi connectivity index (χ0) is 24.2. The second-order valence-corrected chi connectivity index (χ2v) is 7.27. The minimum absolute atomic E-state index is 0.0382. The average molecular weight is 474 g/mol. The average Bonchev–Trinajstić information content (AvgIpc) is 2.73. The van der Waals surface area contributed by atoms with E-state index in [0.29, 0.717) is 43.8 Å². The van der Waals surface area contributed by atoms with Crippen molar-refractivity contribution in [1.82, 2.24) is 14.5 Å². The van der Waals surface area contributed by atoms with Crippen LogP contribution in [0.3, 0.4) is 0 Å². The monoisotopic (exact) mass is 474 g/mol. The van der Waals surface area contributed by atoms with Crippen molar-refractivity contribution in [2.45, 2.75) is 45.0 Å². The number of aryl methyl sites for hydroxylation is 1. The Hall–Kier alpha value is -3.15. The predicted octanol–water partition coefficient (Wildman–Crippen LogP) is 5.00. The molecule has 0 bridgehead atoms. The number of anilines is 1. The molecule has 0 spiro atoms. The van der Waals surface area contributed by atoms with E-state index in [1.807, 2.05) is 0 Å². The zero-order valence-electron chi connectivity index (χ0n) is 17.2. The maximum absolute atomic E-state index is 14.7. The molecule has 0 saturated carbocycles. The molecule has 6 nitrogen and oxygen atoms in total. The predicted molar refractivity (Wildman–Crippen MR) is 109 cm³/mol. The Balaban J connectivity index is 1.75. The van der Waals surface area contributed by atoms with Crippen molar-refractivity contribution in [2.75, 3.05) is 12.3 Å². The molecule has 3 rings (SSSR count). The molecule has 0 radical (unpaired) electrons. The summed E-state index contributed by atoms with van der Waals surface area (Å²) in [5.74, 6) is -2.04. The first kappa shape index (κ1) is 24.5. The van der Waals surface area contributed by atoms with Crippen molar-refractivity contribution in [3.8, 4) is 11.4 Å². The maximum atomic E-state index is 14.7. The third kappa shape index (κ3) is 6.01. The molecule has 3 aromatic rings. The fraction of sp³-hybridized carbons (Fsp3) is 0.381. The quantitative estimate of drug-likeness (QED) is 0.349. The number of hydrogen-bond acceptors (Lipinski definition) is 5. The lowest BCUT2D eigenvalue weighted by atomic mass is 10.1. The molecule has 1 aromatic carbocycles. The highest BCUT2D eigenvalue weighted by Crippen LogP contribution is 2.33. The molecule has 12 heteroatoms. The van der Waals surface area contributed by atoms with Crippen LogP contribution >= 0.6 is 0 Å². The van der Waals surface area contributed by atoms with Gasteiger partial charge in [-0.3, -0.25) is 4.79 Å². The van der Waals surface area contributed by atoms with E-state index in [-0.39, 0.29) is 23.4 Å². The van der Waals surface area contributed by atoms with Gasteiger partial charge in [-0.1, -0.05) is 12.8 Å². The van der Waals surface area contributed by atoms with Crippen LogP contribution in [0.1, 0.15) is 31.2 Å². The van der Waals surface area contributed by atoms with E-state index in [2.05, 4.69) is 14.7 Å². The number of aromatic nitrogens is 3. The summed E-state index contributed by atoms with van der Waals surface area (Å²) < 4.78 is 82.6. The summed E-state index contributed by atoms with van der Waals surface area (Å²) in [6.07, 6.45) is -0.302. The number of hydrogen-bond donors (Lipinski definition) is 1. The van der Waals surface area contributed by atoms with E-state index in [0.717, 1.165) is 6.07 Å². The largest absolute Gasteiger partial charge is 0.421 e. The first-order valence-electron chi connectivity index (χ1n) is 10.0. The summed E-state index contributed by atoms with van der Waals surface area (Å²) in [5, 5.41) is 0.447. The molecule has 0 aliphatic heterocycles. The molecule has 0 atom stereocenters. The zero-order valence-corrected chi connectivity index (χ0v) is 17.2. The first-order chi connectivity index (χ1) is 15.6. The third-order valence-corrected chi connectivity index (χ3v) is 4.97. The van der Waals surface area contributed by atoms with E-state index in [1.165, 1.54) is 16.8 Å². The normalized spacial score (nSPS) is 12.1. The van der Waals surface area contributed by atoms with Gasteiger partial charge in [0, 0.05) is 18.9 Å². The molecular formula is C21H20F6N4O2. The number of nitrogens with two attached hydrogens (primary N) is 1. The van der Waals surface area contributed by atoms with Gasteiger partial charge in [-0.05, 0) is 36.4 Å². The van der Waals surface area contributed by atoms with Gasteiger partial charge in [0.25, 0.3) is 5.56 Å². The minimum atomic E-state index is -4.74. The molecule has 0 aliphatic rings. The smallest absolute Gasteiger partial charge is 0.383 e. The van der Waals surface area contributed by atoms with Gasteiger partial charge in [-0.15, -0.1) is 0 Å². The molecule has 2 N–H and O–H groups in total. The number of benzene rings is 1. The Kier molecular flexibility index (Phi) is 7.57. The van der Waals surface area contributed by atoms with Crippen LogP contribution in [0.5, 0.6) is 0 Å². The second-order valence-electron chi connectivity index (χ2n) is 7.27. The van der Waals surface area contributed by atoms with Gasteiger partial charge in [0.2, 0.25) is 0 Å². The fourth-order valence-electron chi connectivity index (χ4n) is 3.31. The van der Waals surface area contributed by atoms with E-state index in [9.17, 15) is 31.1 Å². The van der Waals surface area contributed by atoms with Crippen LogP contribution < -0.4 is 11.3 Å². The van der Waals surface area contributed by atoms with Crippen molar-refractivity contribution < 1.29 is 31.1 Å². The van der Waals surface area contributed by atoms with Crippen molar-refractivity contribution in [3.63, 3.8) is 0 Å². The van der Waals surface area contributed by atoms with Crippen LogP contribution in [0, 0.1) is 5.82 Å². The lowest BCUT2D eigenvalue weighted by Gasteiger charge is -2.11. The van der Waals surface area contributed by atoms with Crippen molar-refractivity contribution >= 4 is 16.6 Å². The number of nitrogens with zero attached hydrogens (tertiary/aromatic N) is 3. The van der Waals surface area contributed by atoms with Gasteiger partial charge >= 0.3 is 12.8 Å². The van der Waals surface area contributed by atoms with Gasteiger partial charge < -0.3 is 15.0 Å². The van der Waals surface area contributed by atoms with Gasteiger partial charge in [0.1, 0.15) is 17.2 Å². The van der Waals surface area contributed by atoms with Crippen molar-refractivity contribution in [2.24, 2.45) is 0 Å². The van der Waals surface area contributed by atoms with Gasteiger partial charge in [-0.2, -0.15) is 22.0 Å². The molecule has 0 saturated heterocycles. The first-order valence-corrected chi connectivity index (χ1v) is 10.0. The Labute approximate surface area is 184 Å². The van der Waals surface area contributed by atoms with Gasteiger partial charge in [0.15, 0.2) is 5.82 Å². The van der Waals surface area contributed by atoms with E-state index in [4.69, 9.17) is 5.73 Å². The Morgan fingerprint density at radius 2 is 1.85 bits per heavy atom. The highest BCUT2D eigenvalue weighted by Gasteiger charge is 2.34. The lowest BCUT2D eigenvalue weighted by molar-refractivity contribution is -0.137. The van der Waals surface area contributed by atoms with Gasteiger partial charge in [-0.25, -0.2) is 14.4 Å². The SMILES string of the molecule is Nc1nc(-c2cc3ccn(CCCCCCOC(F)F)c(=O)c3cc2F)ncc1C(F)(F)F. The molecule has 0 fully saturated rings. The summed E-state index contributed by atoms with van der Waals surface area (Å²) in [5.41, 5.74) is 3.51. The van der Waals surface area contributed by atoms with Crippen LogP contribution in [0.15, 0.2) is 35.4 Å². The Morgan fingerprint density at radius 3 is 2.52 bits per heavy atom. The van der Waals surface area contributed by atoms with Crippen LogP contribution in [-0.2, 0) is 17.5 Å². The highest BCUT2D eigenvalue weighted by atomic mass is 19.4. The van der Waals surface area contributed by atoms with Crippen molar-refractivity contribution in [1.29, 1.82) is 0 Å². The number of fused-ring (bicyclic) bond motifs is 1. The molecule has 0 aliphatic carbocycles. The summed E-state index contributed by atoms with van der Waals surface area (Å²) in [4.78, 5) is 19.8. The van der Waals surface area contributed by atoms with Crippen LogP contribution in [0.25, 0.3) is 22.2 Å². The molecule has 33 heavy (non-hydrogen) atoms. The lowest BCUT2D eigenvalue weighted by Crippen LogP contribution is -2.19. The molecular weight excluding hydrogens is 454 g/mol. The standard InChI is InChI=1S/C21H20F6N4O2/c22-16-10-13-12(9-14(16)18-29-11-15(17(28)30-18)21(25,26)27)5-7-31(19(13)32)6-3-1-2-4-8-33-20(23)24/h5,7,9-11,20H,1-4,6,8H2,(H2,28,29,30). The van der Waals surface area contributed by atoms with Gasteiger partial charge in [0.05, 0.1) is 17.6 Å². The number of ether oxygens (including phenoxy) is 1. The molecule has 178 valence electrons. The number of alkyl halides is 5. The van der Waals surface area contributed by atoms with Crippen LogP contribution in [0.4, 0.5) is 32.2 Å². The number of nitrogen functional groups attached to an aromatic ring is 1. The van der Waals surface area contributed by atoms with Crippen LogP contribution in [-0.4, -0.2) is 27.8 Å². The number of halogens is 6. The fourth-order valence-corrected chi connectivity index (χ4v) is 3.31. The van der Waals surface area contributed by atoms with Crippen LogP contribution in [0.2, 0.25) is 0 Å². The number of rotatable bonds is 9. The number of unbranched alkanes of at least 4 members (excludes halogenated alkanes) is 3. The summed E-state index contributed by atoms with van der Waals surface area (Å²) in [6.45, 7) is -2.47. The molecule has 0 amide bonds. The molecule has 0 unspecified atom stereocenters. The van der Waals surface area contributed by atoms with E-state index in [1.54, 1.807) is 6.07 Å². The topological polar surface area (TPSA) is 83.0 Å². The third-order valence-electron chi connectivity index (χ3n) is 4.97. The van der Waals surface area contributed by atoms with Crippen molar-refractivity contribution in [3.05, 3.63) is 52.3 Å². The number of pyridine rings is 1. The molecule has 2 aromatic heterocycles. The summed E-state index contributed by atoms with van der Waals surface area (Å²) in [7, 11) is 0. The Bertz CT molecular complexity index is 1180. The minimum Gasteiger partial charge on any atom is -0.383 e. The summed E-state index contributed by atoms with van der Waals surface area (Å²) in [6, 6.07) is 3.84. The second kappa shape index (κ2) is 10.2. The highest BCUT2D eigenvalue weighted by molar-refractivity contribution is 5.86. The molecule has 2 heterocycles. The Morgan fingerprint density at radius 1 is 1.12 bits per heavy atom.